The van der Waals surface area contributed by atoms with Gasteiger partial charge in [-0.2, -0.15) is 17.5 Å². The van der Waals surface area contributed by atoms with Gasteiger partial charge in [0.05, 0.1) is 23.9 Å². The lowest BCUT2D eigenvalue weighted by molar-refractivity contribution is -0.184. The van der Waals surface area contributed by atoms with Gasteiger partial charge >= 0.3 is 6.18 Å². The van der Waals surface area contributed by atoms with Gasteiger partial charge in [-0.1, -0.05) is 0 Å². The highest BCUT2D eigenvalue weighted by molar-refractivity contribution is 7.89. The first-order valence-electron chi connectivity index (χ1n) is 8.94. The highest BCUT2D eigenvalue weighted by Crippen LogP contribution is 2.40. The van der Waals surface area contributed by atoms with Crippen molar-refractivity contribution in [1.29, 1.82) is 0 Å². The first-order valence-corrected chi connectivity index (χ1v) is 10.4. The summed E-state index contributed by atoms with van der Waals surface area (Å²) in [5, 5.41) is -0.724. The third-order valence-corrected chi connectivity index (χ3v) is 7.89. The fourth-order valence-corrected chi connectivity index (χ4v) is 6.43. The van der Waals surface area contributed by atoms with E-state index in [2.05, 4.69) is 0 Å². The average Bonchev–Trinajstić information content (AvgIpc) is 2.54. The van der Waals surface area contributed by atoms with Gasteiger partial charge < -0.3 is 9.47 Å². The largest absolute Gasteiger partial charge is 0.391 e. The van der Waals surface area contributed by atoms with Gasteiger partial charge in [0.2, 0.25) is 10.0 Å². The number of hydrogen-bond donors (Lipinski definition) is 0. The van der Waals surface area contributed by atoms with Crippen molar-refractivity contribution in [2.75, 3.05) is 26.3 Å². The molecule has 3 aliphatic rings. The van der Waals surface area contributed by atoms with E-state index in [-0.39, 0.29) is 44.9 Å². The van der Waals surface area contributed by atoms with Crippen LogP contribution in [-0.2, 0) is 19.5 Å². The molecule has 2 atom stereocenters. The van der Waals surface area contributed by atoms with Crippen molar-refractivity contribution in [3.8, 4) is 0 Å². The summed E-state index contributed by atoms with van der Waals surface area (Å²) in [5.74, 6) is -1.37. The Labute approximate surface area is 146 Å². The van der Waals surface area contributed by atoms with Crippen LogP contribution in [0.15, 0.2) is 0 Å². The zero-order chi connectivity index (χ0) is 18.3. The van der Waals surface area contributed by atoms with Crippen molar-refractivity contribution >= 4 is 10.0 Å². The minimum Gasteiger partial charge on any atom is -0.378 e. The van der Waals surface area contributed by atoms with Crippen LogP contribution >= 0.6 is 0 Å². The van der Waals surface area contributed by atoms with Crippen molar-refractivity contribution in [3.05, 3.63) is 0 Å². The van der Waals surface area contributed by atoms with E-state index in [0.717, 1.165) is 12.8 Å². The highest BCUT2D eigenvalue weighted by Gasteiger charge is 2.48. The molecule has 25 heavy (non-hydrogen) atoms. The predicted molar refractivity (Wildman–Crippen MR) is 85.6 cm³/mol. The van der Waals surface area contributed by atoms with E-state index in [0.29, 0.717) is 13.2 Å². The number of halogens is 3. The summed E-state index contributed by atoms with van der Waals surface area (Å²) in [4.78, 5) is 0. The second-order valence-electron chi connectivity index (χ2n) is 7.62. The molecule has 0 radical (unpaired) electrons. The molecule has 5 nitrogen and oxygen atoms in total. The monoisotopic (exact) mass is 385 g/mol. The van der Waals surface area contributed by atoms with E-state index in [9.17, 15) is 21.6 Å². The van der Waals surface area contributed by atoms with E-state index in [1.807, 2.05) is 6.92 Å². The Morgan fingerprint density at radius 3 is 2.40 bits per heavy atom. The normalized spacial score (nSPS) is 38.8. The van der Waals surface area contributed by atoms with E-state index >= 15 is 0 Å². The van der Waals surface area contributed by atoms with E-state index in [1.54, 1.807) is 0 Å². The Kier molecular flexibility index (Phi) is 5.41. The van der Waals surface area contributed by atoms with Gasteiger partial charge in [0.15, 0.2) is 0 Å². The Bertz CT molecular complexity index is 566. The van der Waals surface area contributed by atoms with Crippen molar-refractivity contribution in [2.24, 2.45) is 5.92 Å². The lowest BCUT2D eigenvalue weighted by atomic mass is 9.88. The van der Waals surface area contributed by atoms with Crippen LogP contribution in [0.3, 0.4) is 0 Å². The van der Waals surface area contributed by atoms with Crippen molar-refractivity contribution < 1.29 is 31.1 Å². The maximum atomic E-state index is 13.0. The minimum absolute atomic E-state index is 0.0712. The standard InChI is InChI=1S/C16H26F3NO4S/c1-12-9-20(10-15(24-12)7-2-8-23-11-15)25(21,22)14-5-3-13(4-6-14)16(17,18)19/h12-14H,2-11H2,1H3/t12-,13?,14?,15+/m0/s1. The summed E-state index contributed by atoms with van der Waals surface area (Å²) >= 11 is 0. The molecule has 2 heterocycles. The molecule has 0 aromatic carbocycles. The predicted octanol–water partition coefficient (Wildman–Crippen LogP) is 2.71. The van der Waals surface area contributed by atoms with Gasteiger partial charge in [-0.25, -0.2) is 8.42 Å². The van der Waals surface area contributed by atoms with Gasteiger partial charge in [0.1, 0.15) is 5.60 Å². The van der Waals surface area contributed by atoms with Gasteiger partial charge in [-0.05, 0) is 45.4 Å². The number of morpholine rings is 1. The summed E-state index contributed by atoms with van der Waals surface area (Å²) in [6.45, 7) is 3.33. The van der Waals surface area contributed by atoms with Crippen molar-refractivity contribution in [3.63, 3.8) is 0 Å². The zero-order valence-electron chi connectivity index (χ0n) is 14.4. The molecule has 1 saturated carbocycles. The number of sulfonamides is 1. The van der Waals surface area contributed by atoms with Crippen molar-refractivity contribution in [1.82, 2.24) is 4.31 Å². The molecular formula is C16H26F3NO4S. The summed E-state index contributed by atoms with van der Waals surface area (Å²) < 4.78 is 77.4. The molecule has 0 N–H and O–H groups in total. The van der Waals surface area contributed by atoms with Crippen LogP contribution in [-0.4, -0.2) is 62.2 Å². The average molecular weight is 385 g/mol. The highest BCUT2D eigenvalue weighted by atomic mass is 32.2. The molecular weight excluding hydrogens is 359 g/mol. The Hall–Kier alpha value is -0.380. The first kappa shape index (κ1) is 19.4. The second kappa shape index (κ2) is 6.98. The molecule has 3 rings (SSSR count). The minimum atomic E-state index is -4.23. The Balaban J connectivity index is 1.69. The molecule has 0 amide bonds. The topological polar surface area (TPSA) is 55.8 Å². The quantitative estimate of drug-likeness (QED) is 0.733. The zero-order valence-corrected chi connectivity index (χ0v) is 15.2. The van der Waals surface area contributed by atoms with Crippen LogP contribution in [0.2, 0.25) is 0 Å². The molecule has 9 heteroatoms. The third-order valence-electron chi connectivity index (χ3n) is 5.58. The number of rotatable bonds is 2. The first-order chi connectivity index (χ1) is 11.6. The molecule has 3 fully saturated rings. The number of ether oxygens (including phenoxy) is 2. The fourth-order valence-electron chi connectivity index (χ4n) is 4.31. The lowest BCUT2D eigenvalue weighted by Crippen LogP contribution is -2.61. The van der Waals surface area contributed by atoms with E-state index < -0.39 is 33.0 Å². The summed E-state index contributed by atoms with van der Waals surface area (Å²) in [6.07, 6.45) is -3.00. The van der Waals surface area contributed by atoms with Crippen LogP contribution in [0.1, 0.15) is 45.4 Å². The van der Waals surface area contributed by atoms with Gasteiger partial charge in [-0.15, -0.1) is 0 Å². The number of nitrogens with zero attached hydrogens (tertiary/aromatic N) is 1. The maximum Gasteiger partial charge on any atom is 0.391 e. The third kappa shape index (κ3) is 4.14. The SMILES string of the molecule is C[C@H]1CN(S(=O)(=O)C2CCC(C(F)(F)F)CC2)C[C@@]2(CCCOC2)O1. The molecule has 146 valence electrons. The van der Waals surface area contributed by atoms with Crippen LogP contribution in [0, 0.1) is 5.92 Å². The molecule has 0 aromatic heterocycles. The lowest BCUT2D eigenvalue weighted by Gasteiger charge is -2.47. The van der Waals surface area contributed by atoms with Crippen LogP contribution in [0.25, 0.3) is 0 Å². The molecule has 0 bridgehead atoms. The van der Waals surface area contributed by atoms with Crippen LogP contribution in [0.4, 0.5) is 13.2 Å². The Morgan fingerprint density at radius 2 is 1.84 bits per heavy atom. The number of hydrogen-bond acceptors (Lipinski definition) is 4. The smallest absolute Gasteiger partial charge is 0.378 e. The summed E-state index contributed by atoms with van der Waals surface area (Å²) in [6, 6.07) is 0. The second-order valence-corrected chi connectivity index (χ2v) is 9.83. The van der Waals surface area contributed by atoms with Crippen molar-refractivity contribution in [2.45, 2.75) is 68.6 Å². The number of alkyl halides is 3. The van der Waals surface area contributed by atoms with E-state index in [1.165, 1.54) is 4.31 Å². The molecule has 1 spiro atoms. The molecule has 0 unspecified atom stereocenters. The molecule has 2 saturated heterocycles. The molecule has 2 aliphatic heterocycles. The maximum absolute atomic E-state index is 13.0. The summed E-state index contributed by atoms with van der Waals surface area (Å²) in [7, 11) is -3.63. The summed E-state index contributed by atoms with van der Waals surface area (Å²) in [5.41, 5.74) is -0.619. The molecule has 0 aromatic rings. The van der Waals surface area contributed by atoms with Gasteiger partial charge in [-0.3, -0.25) is 0 Å². The van der Waals surface area contributed by atoms with Gasteiger partial charge in [0.25, 0.3) is 0 Å². The van der Waals surface area contributed by atoms with Crippen LogP contribution < -0.4 is 0 Å². The molecule has 1 aliphatic carbocycles. The van der Waals surface area contributed by atoms with E-state index in [4.69, 9.17) is 9.47 Å². The Morgan fingerprint density at radius 1 is 1.16 bits per heavy atom. The van der Waals surface area contributed by atoms with Gasteiger partial charge in [0, 0.05) is 19.7 Å². The van der Waals surface area contributed by atoms with Crippen LogP contribution in [0.5, 0.6) is 0 Å². The fraction of sp³-hybridized carbons (Fsp3) is 1.00.